The van der Waals surface area contributed by atoms with Crippen molar-refractivity contribution in [1.29, 1.82) is 0 Å². The van der Waals surface area contributed by atoms with E-state index >= 15 is 0 Å². The topological polar surface area (TPSA) is 89.7 Å². The minimum Gasteiger partial charge on any atom is -0.494 e. The lowest BCUT2D eigenvalue weighted by atomic mass is 10.1. The second-order valence-electron chi connectivity index (χ2n) is 6.09. The van der Waals surface area contributed by atoms with E-state index in [9.17, 15) is 9.59 Å². The zero-order chi connectivity index (χ0) is 19.9. The van der Waals surface area contributed by atoms with Crippen LogP contribution in [-0.2, 0) is 16.1 Å². The van der Waals surface area contributed by atoms with E-state index in [2.05, 4.69) is 10.3 Å². The number of hydrogen-bond acceptors (Lipinski definition) is 5. The van der Waals surface area contributed by atoms with Gasteiger partial charge in [0.05, 0.1) is 18.7 Å². The first kappa shape index (κ1) is 19.4. The molecule has 7 heteroatoms. The van der Waals surface area contributed by atoms with Crippen molar-refractivity contribution in [3.8, 4) is 11.5 Å². The number of fused-ring (bicyclic) bond motifs is 1. The number of ether oxygens (including phenoxy) is 3. The number of hydrogen-bond donors (Lipinski definition) is 2. The van der Waals surface area contributed by atoms with Crippen LogP contribution in [0.2, 0.25) is 0 Å². The molecule has 7 nitrogen and oxygen atoms in total. The summed E-state index contributed by atoms with van der Waals surface area (Å²) in [5, 5.41) is 3.63. The van der Waals surface area contributed by atoms with E-state index in [0.29, 0.717) is 30.2 Å². The molecule has 0 radical (unpaired) electrons. The molecule has 0 aliphatic heterocycles. The quantitative estimate of drug-likeness (QED) is 0.625. The average Bonchev–Trinajstić information content (AvgIpc) is 2.67. The van der Waals surface area contributed by atoms with Gasteiger partial charge in [-0.2, -0.15) is 0 Å². The Bertz CT molecular complexity index is 1010. The molecule has 1 amide bonds. The summed E-state index contributed by atoms with van der Waals surface area (Å²) in [5.74, 6) is 1.02. The zero-order valence-electron chi connectivity index (χ0n) is 15.8. The number of nitrogens with one attached hydrogen (secondary N) is 2. The SMILES string of the molecule is CCOc1ccc(OCC(=O)Nc2ccc3c(COC)cc(=O)[nH]c3c2)cc1. The third-order valence-corrected chi connectivity index (χ3v) is 4.02. The van der Waals surface area contributed by atoms with Crippen molar-refractivity contribution in [2.75, 3.05) is 25.6 Å². The number of pyridine rings is 1. The Morgan fingerprint density at radius 3 is 2.43 bits per heavy atom. The predicted molar refractivity (Wildman–Crippen MR) is 107 cm³/mol. The monoisotopic (exact) mass is 382 g/mol. The molecule has 2 N–H and O–H groups in total. The molecule has 146 valence electrons. The highest BCUT2D eigenvalue weighted by Crippen LogP contribution is 2.21. The first-order chi connectivity index (χ1) is 13.6. The fourth-order valence-electron chi connectivity index (χ4n) is 2.83. The summed E-state index contributed by atoms with van der Waals surface area (Å²) in [6, 6.07) is 13.9. The van der Waals surface area contributed by atoms with Gasteiger partial charge >= 0.3 is 0 Å². The van der Waals surface area contributed by atoms with Gasteiger partial charge in [0.25, 0.3) is 5.91 Å². The summed E-state index contributed by atoms with van der Waals surface area (Å²) in [4.78, 5) is 26.8. The molecule has 0 aliphatic rings. The Hall–Kier alpha value is -3.32. The molecule has 0 aliphatic carbocycles. The molecule has 0 spiro atoms. The summed E-state index contributed by atoms with van der Waals surface area (Å²) in [7, 11) is 1.58. The van der Waals surface area contributed by atoms with Crippen LogP contribution in [0.1, 0.15) is 12.5 Å². The van der Waals surface area contributed by atoms with Gasteiger partial charge in [0, 0.05) is 24.2 Å². The molecule has 2 aromatic carbocycles. The lowest BCUT2D eigenvalue weighted by Crippen LogP contribution is -2.20. The zero-order valence-corrected chi connectivity index (χ0v) is 15.8. The molecule has 0 saturated heterocycles. The van der Waals surface area contributed by atoms with Crippen LogP contribution in [0, 0.1) is 0 Å². The summed E-state index contributed by atoms with van der Waals surface area (Å²) < 4.78 is 16.0. The van der Waals surface area contributed by atoms with Gasteiger partial charge in [0.15, 0.2) is 6.61 Å². The number of carbonyl (C=O) groups excluding carboxylic acids is 1. The summed E-state index contributed by atoms with van der Waals surface area (Å²) in [6.07, 6.45) is 0. The van der Waals surface area contributed by atoms with Gasteiger partial charge < -0.3 is 24.5 Å². The predicted octanol–water partition coefficient (Wildman–Crippen LogP) is 3.09. The minimum absolute atomic E-state index is 0.133. The molecule has 0 unspecified atom stereocenters. The molecular weight excluding hydrogens is 360 g/mol. The smallest absolute Gasteiger partial charge is 0.262 e. The van der Waals surface area contributed by atoms with E-state index in [1.54, 1.807) is 43.5 Å². The fraction of sp³-hybridized carbons (Fsp3) is 0.238. The highest BCUT2D eigenvalue weighted by atomic mass is 16.5. The van der Waals surface area contributed by atoms with E-state index in [1.165, 1.54) is 6.07 Å². The third-order valence-electron chi connectivity index (χ3n) is 4.02. The molecule has 3 aromatic rings. The molecule has 28 heavy (non-hydrogen) atoms. The van der Waals surface area contributed by atoms with Crippen molar-refractivity contribution in [1.82, 2.24) is 4.98 Å². The van der Waals surface area contributed by atoms with E-state index in [-0.39, 0.29) is 18.1 Å². The van der Waals surface area contributed by atoms with Crippen LogP contribution in [-0.4, -0.2) is 31.2 Å². The Kier molecular flexibility index (Phi) is 6.29. The van der Waals surface area contributed by atoms with Crippen molar-refractivity contribution >= 4 is 22.5 Å². The first-order valence-corrected chi connectivity index (χ1v) is 8.89. The number of aromatic nitrogens is 1. The largest absolute Gasteiger partial charge is 0.494 e. The standard InChI is InChI=1S/C21H22N2O5/c1-3-27-16-5-7-17(8-6-16)28-13-21(25)22-15-4-9-18-14(12-26-2)10-20(24)23-19(18)11-15/h4-11H,3,12-13H2,1-2H3,(H,22,25)(H,23,24). The van der Waals surface area contributed by atoms with Crippen molar-refractivity contribution in [3.63, 3.8) is 0 Å². The number of H-pyrrole nitrogens is 1. The van der Waals surface area contributed by atoms with E-state index in [4.69, 9.17) is 14.2 Å². The van der Waals surface area contributed by atoms with Gasteiger partial charge in [0.1, 0.15) is 11.5 Å². The average molecular weight is 382 g/mol. The molecule has 1 aromatic heterocycles. The van der Waals surface area contributed by atoms with Crippen LogP contribution >= 0.6 is 0 Å². The maximum atomic E-state index is 12.2. The van der Waals surface area contributed by atoms with Gasteiger partial charge in [-0.3, -0.25) is 9.59 Å². The number of methoxy groups -OCH3 is 1. The summed E-state index contributed by atoms with van der Waals surface area (Å²) >= 11 is 0. The number of amides is 1. The lowest BCUT2D eigenvalue weighted by molar-refractivity contribution is -0.118. The van der Waals surface area contributed by atoms with E-state index in [1.807, 2.05) is 13.0 Å². The van der Waals surface area contributed by atoms with Crippen LogP contribution in [0.3, 0.4) is 0 Å². The van der Waals surface area contributed by atoms with Crippen molar-refractivity contribution in [2.24, 2.45) is 0 Å². The molecule has 0 fully saturated rings. The van der Waals surface area contributed by atoms with Crippen molar-refractivity contribution < 1.29 is 19.0 Å². The third kappa shape index (κ3) is 4.89. The maximum Gasteiger partial charge on any atom is 0.262 e. The van der Waals surface area contributed by atoms with Gasteiger partial charge in [-0.1, -0.05) is 6.07 Å². The van der Waals surface area contributed by atoms with Crippen LogP contribution in [0.4, 0.5) is 5.69 Å². The second-order valence-corrected chi connectivity index (χ2v) is 6.09. The minimum atomic E-state index is -0.302. The first-order valence-electron chi connectivity index (χ1n) is 8.89. The molecule has 3 rings (SSSR count). The fourth-order valence-corrected chi connectivity index (χ4v) is 2.83. The normalized spacial score (nSPS) is 10.6. The Balaban J connectivity index is 1.65. The van der Waals surface area contributed by atoms with Crippen molar-refractivity contribution in [2.45, 2.75) is 13.5 Å². The number of aromatic amines is 1. The van der Waals surface area contributed by atoms with Crippen LogP contribution in [0.15, 0.2) is 53.3 Å². The van der Waals surface area contributed by atoms with Gasteiger partial charge in [-0.15, -0.1) is 0 Å². The summed E-state index contributed by atoms with van der Waals surface area (Å²) in [5.41, 5.74) is 1.77. The molecule has 0 saturated carbocycles. The number of rotatable bonds is 8. The molecular formula is C21H22N2O5. The van der Waals surface area contributed by atoms with E-state index < -0.39 is 0 Å². The molecule has 1 heterocycles. The molecule has 0 atom stereocenters. The van der Waals surface area contributed by atoms with Gasteiger partial charge in [-0.05, 0) is 48.9 Å². The highest BCUT2D eigenvalue weighted by molar-refractivity contribution is 5.94. The maximum absolute atomic E-state index is 12.2. The number of carbonyl (C=O) groups is 1. The lowest BCUT2D eigenvalue weighted by Gasteiger charge is -2.10. The Morgan fingerprint density at radius 1 is 1.04 bits per heavy atom. The van der Waals surface area contributed by atoms with Crippen LogP contribution < -0.4 is 20.3 Å². The Labute approximate surface area is 162 Å². The van der Waals surface area contributed by atoms with E-state index in [0.717, 1.165) is 16.7 Å². The highest BCUT2D eigenvalue weighted by Gasteiger charge is 2.08. The Morgan fingerprint density at radius 2 is 1.75 bits per heavy atom. The summed E-state index contributed by atoms with van der Waals surface area (Å²) in [6.45, 7) is 2.70. The number of anilines is 1. The van der Waals surface area contributed by atoms with Gasteiger partial charge in [-0.25, -0.2) is 0 Å². The van der Waals surface area contributed by atoms with Crippen molar-refractivity contribution in [3.05, 3.63) is 64.4 Å². The second kappa shape index (κ2) is 9.05. The van der Waals surface area contributed by atoms with Crippen LogP contribution in [0.25, 0.3) is 10.9 Å². The van der Waals surface area contributed by atoms with Crippen LogP contribution in [0.5, 0.6) is 11.5 Å². The van der Waals surface area contributed by atoms with Gasteiger partial charge in [0.2, 0.25) is 5.56 Å². The number of benzene rings is 2. The molecule has 0 bridgehead atoms.